The maximum Gasteiger partial charge on any atom is 0.244 e. The van der Waals surface area contributed by atoms with Crippen molar-refractivity contribution < 1.29 is 9.53 Å². The van der Waals surface area contributed by atoms with Gasteiger partial charge in [0.1, 0.15) is 16.8 Å². The lowest BCUT2D eigenvalue weighted by atomic mass is 10.0. The molecule has 2 atom stereocenters. The summed E-state index contributed by atoms with van der Waals surface area (Å²) < 4.78 is 6.50. The molecule has 2 N–H and O–H groups in total. The smallest absolute Gasteiger partial charge is 0.244 e. The summed E-state index contributed by atoms with van der Waals surface area (Å²) in [6, 6.07) is 8.09. The number of rotatable bonds is 2. The molecule has 2 saturated heterocycles. The minimum absolute atomic E-state index is 0.108. The Hall–Kier alpha value is -2.36. The molecule has 0 aliphatic carbocycles. The van der Waals surface area contributed by atoms with E-state index in [2.05, 4.69) is 15.5 Å². The quantitative estimate of drug-likeness (QED) is 0.777. The van der Waals surface area contributed by atoms with Crippen molar-refractivity contribution in [3.8, 4) is 0 Å². The number of thiazole rings is 1. The zero-order valence-corrected chi connectivity index (χ0v) is 17.0. The average molecular weight is 413 g/mol. The Kier molecular flexibility index (Phi) is 5.26. The number of amidine groups is 1. The number of morpholine rings is 1. The molecule has 29 heavy (non-hydrogen) atoms. The van der Waals surface area contributed by atoms with E-state index < -0.39 is 5.92 Å². The second kappa shape index (κ2) is 8.17. The van der Waals surface area contributed by atoms with E-state index in [-0.39, 0.29) is 11.9 Å². The van der Waals surface area contributed by atoms with Gasteiger partial charge in [0.25, 0.3) is 0 Å². The Morgan fingerprint density at radius 3 is 2.90 bits per heavy atom. The first kappa shape index (κ1) is 18.7. The fourth-order valence-electron chi connectivity index (χ4n) is 3.90. The van der Waals surface area contributed by atoms with Crippen LogP contribution in [0.4, 0.5) is 0 Å². The van der Waals surface area contributed by atoms with E-state index in [0.717, 1.165) is 41.2 Å². The molecule has 0 spiro atoms. The molecule has 0 bridgehead atoms. The molecular weight excluding hydrogens is 388 g/mol. The fraction of sp³-hybridized carbons (Fsp3) is 0.500. The number of carbonyl (C=O) groups excluding carboxylic acids is 1. The molecule has 1 unspecified atom stereocenters. The SMILES string of the molecule is O=C1NC(N2CCOCC2)=NC(=N[C@H]2CCCNC2)C1c1nc2ccccc2s1. The average Bonchev–Trinajstić information content (AvgIpc) is 3.18. The summed E-state index contributed by atoms with van der Waals surface area (Å²) in [7, 11) is 0. The highest BCUT2D eigenvalue weighted by Gasteiger charge is 2.36. The molecule has 0 radical (unpaired) electrons. The summed E-state index contributed by atoms with van der Waals surface area (Å²) >= 11 is 1.54. The molecule has 1 amide bonds. The van der Waals surface area contributed by atoms with E-state index in [4.69, 9.17) is 19.7 Å². The molecular formula is C20H24N6O2S. The van der Waals surface area contributed by atoms with Crippen LogP contribution in [-0.4, -0.2) is 73.0 Å². The van der Waals surface area contributed by atoms with Gasteiger partial charge in [-0.15, -0.1) is 11.3 Å². The number of hydrogen-bond acceptors (Lipinski definition) is 7. The minimum Gasteiger partial charge on any atom is -0.378 e. The van der Waals surface area contributed by atoms with Gasteiger partial charge in [0, 0.05) is 19.6 Å². The molecule has 0 saturated carbocycles. The number of aromatic nitrogens is 1. The summed E-state index contributed by atoms with van der Waals surface area (Å²) in [6.45, 7) is 4.53. The number of aliphatic imine (C=N–C) groups is 2. The first-order chi connectivity index (χ1) is 14.3. The van der Waals surface area contributed by atoms with Gasteiger partial charge in [0.15, 0.2) is 0 Å². The van der Waals surface area contributed by atoms with E-state index in [1.807, 2.05) is 24.3 Å². The van der Waals surface area contributed by atoms with Crippen molar-refractivity contribution >= 4 is 39.3 Å². The first-order valence-electron chi connectivity index (χ1n) is 10.1. The van der Waals surface area contributed by atoms with Crippen LogP contribution in [-0.2, 0) is 9.53 Å². The van der Waals surface area contributed by atoms with Crippen molar-refractivity contribution in [2.24, 2.45) is 9.98 Å². The van der Waals surface area contributed by atoms with Crippen LogP contribution in [0, 0.1) is 0 Å². The summed E-state index contributed by atoms with van der Waals surface area (Å²) in [6.07, 6.45) is 2.09. The number of guanidine groups is 1. The van der Waals surface area contributed by atoms with E-state index in [9.17, 15) is 4.79 Å². The molecule has 1 aromatic heterocycles. The number of hydrogen-bond donors (Lipinski definition) is 2. The van der Waals surface area contributed by atoms with E-state index in [1.54, 1.807) is 0 Å². The van der Waals surface area contributed by atoms with Crippen LogP contribution >= 0.6 is 11.3 Å². The summed E-state index contributed by atoms with van der Waals surface area (Å²) in [5, 5.41) is 7.13. The van der Waals surface area contributed by atoms with Crippen LogP contribution in [0.2, 0.25) is 0 Å². The predicted octanol–water partition coefficient (Wildman–Crippen LogP) is 1.35. The molecule has 4 heterocycles. The molecule has 2 fully saturated rings. The highest BCUT2D eigenvalue weighted by molar-refractivity contribution is 7.18. The van der Waals surface area contributed by atoms with Gasteiger partial charge in [0.2, 0.25) is 11.9 Å². The van der Waals surface area contributed by atoms with Crippen LogP contribution in [0.3, 0.4) is 0 Å². The van der Waals surface area contributed by atoms with Gasteiger partial charge in [-0.2, -0.15) is 4.99 Å². The lowest BCUT2D eigenvalue weighted by Gasteiger charge is -2.33. The van der Waals surface area contributed by atoms with Gasteiger partial charge < -0.3 is 15.0 Å². The monoisotopic (exact) mass is 412 g/mol. The molecule has 152 valence electrons. The molecule has 3 aliphatic rings. The molecule has 8 nitrogen and oxygen atoms in total. The van der Waals surface area contributed by atoms with Crippen molar-refractivity contribution in [3.05, 3.63) is 29.3 Å². The fourth-order valence-corrected chi connectivity index (χ4v) is 4.96. The Balaban J connectivity index is 1.53. The second-order valence-corrected chi connectivity index (χ2v) is 8.53. The van der Waals surface area contributed by atoms with Crippen molar-refractivity contribution in [1.29, 1.82) is 0 Å². The van der Waals surface area contributed by atoms with Crippen LogP contribution in [0.1, 0.15) is 23.8 Å². The molecule has 5 rings (SSSR count). The molecule has 9 heteroatoms. The summed E-state index contributed by atoms with van der Waals surface area (Å²) in [4.78, 5) is 29.7. The van der Waals surface area contributed by atoms with Crippen molar-refractivity contribution in [3.63, 3.8) is 0 Å². The van der Waals surface area contributed by atoms with Gasteiger partial charge in [-0.25, -0.2) is 4.98 Å². The van der Waals surface area contributed by atoms with Gasteiger partial charge >= 0.3 is 0 Å². The number of ether oxygens (including phenoxy) is 1. The zero-order chi connectivity index (χ0) is 19.6. The number of benzene rings is 1. The Morgan fingerprint density at radius 2 is 2.10 bits per heavy atom. The van der Waals surface area contributed by atoms with Crippen molar-refractivity contribution in [1.82, 2.24) is 20.5 Å². The predicted molar refractivity (Wildman–Crippen MR) is 114 cm³/mol. The third-order valence-electron chi connectivity index (χ3n) is 5.43. The topological polar surface area (TPSA) is 91.2 Å². The Morgan fingerprint density at radius 1 is 1.24 bits per heavy atom. The number of piperidine rings is 1. The van der Waals surface area contributed by atoms with Crippen molar-refractivity contribution in [2.75, 3.05) is 39.4 Å². The number of carbonyl (C=O) groups is 1. The highest BCUT2D eigenvalue weighted by Crippen LogP contribution is 2.31. The Labute approximate surface area is 173 Å². The highest BCUT2D eigenvalue weighted by atomic mass is 32.1. The van der Waals surface area contributed by atoms with E-state index >= 15 is 0 Å². The second-order valence-electron chi connectivity index (χ2n) is 7.46. The lowest BCUT2D eigenvalue weighted by Crippen LogP contribution is -2.53. The third kappa shape index (κ3) is 3.90. The van der Waals surface area contributed by atoms with Crippen LogP contribution < -0.4 is 10.6 Å². The summed E-state index contributed by atoms with van der Waals surface area (Å²) in [5.41, 5.74) is 0.905. The van der Waals surface area contributed by atoms with E-state index in [1.165, 1.54) is 11.3 Å². The number of para-hydroxylation sites is 1. The largest absolute Gasteiger partial charge is 0.378 e. The Bertz CT molecular complexity index is 926. The number of nitrogens with zero attached hydrogens (tertiary/aromatic N) is 4. The normalized spacial score (nSPS) is 27.2. The zero-order valence-electron chi connectivity index (χ0n) is 16.1. The van der Waals surface area contributed by atoms with Gasteiger partial charge in [-0.1, -0.05) is 12.1 Å². The van der Waals surface area contributed by atoms with Crippen LogP contribution in [0.5, 0.6) is 0 Å². The number of fused-ring (bicyclic) bond motifs is 1. The van der Waals surface area contributed by atoms with Gasteiger partial charge in [-0.3, -0.25) is 15.1 Å². The lowest BCUT2D eigenvalue weighted by molar-refractivity contribution is -0.120. The van der Waals surface area contributed by atoms with Gasteiger partial charge in [-0.05, 0) is 31.5 Å². The number of amides is 1. The maximum atomic E-state index is 13.2. The van der Waals surface area contributed by atoms with Crippen molar-refractivity contribution in [2.45, 2.75) is 24.8 Å². The van der Waals surface area contributed by atoms with Crippen LogP contribution in [0.15, 0.2) is 34.3 Å². The molecule has 3 aliphatic heterocycles. The standard InChI is InChI=1S/C20H24N6O2S/c27-18-16(19-23-14-5-1-2-6-15(14)29-19)17(22-13-4-3-7-21-12-13)24-20(25-18)26-8-10-28-11-9-26/h1-2,5-6,13,16,21H,3-4,7-12H2,(H,22,24,25,27)/t13-,16?/m0/s1. The molecule has 2 aromatic rings. The summed E-state index contributed by atoms with van der Waals surface area (Å²) in [5.74, 6) is 0.475. The minimum atomic E-state index is -0.570. The van der Waals surface area contributed by atoms with Crippen LogP contribution in [0.25, 0.3) is 10.2 Å². The maximum absolute atomic E-state index is 13.2. The third-order valence-corrected chi connectivity index (χ3v) is 6.53. The molecule has 1 aromatic carbocycles. The van der Waals surface area contributed by atoms with E-state index in [0.29, 0.717) is 38.1 Å². The number of nitrogens with one attached hydrogen (secondary N) is 2. The first-order valence-corrected chi connectivity index (χ1v) is 11.0. The van der Waals surface area contributed by atoms with Gasteiger partial charge in [0.05, 0.1) is 29.5 Å².